The molecule has 2 rings (SSSR count). The Morgan fingerprint density at radius 1 is 1.60 bits per heavy atom. The number of methoxy groups -OCH3 is 1. The van der Waals surface area contributed by atoms with Crippen LogP contribution in [0, 0.1) is 5.82 Å². The van der Waals surface area contributed by atoms with Crippen molar-refractivity contribution in [1.82, 2.24) is 15.5 Å². The zero-order chi connectivity index (χ0) is 14.5. The number of carbonyl (C=O) groups is 2. The number of nitrogens with one attached hydrogen (secondary N) is 2. The summed E-state index contributed by atoms with van der Waals surface area (Å²) in [6.45, 7) is 0.939. The molecule has 0 aliphatic carbocycles. The van der Waals surface area contributed by atoms with Gasteiger partial charge in [0.1, 0.15) is 5.82 Å². The van der Waals surface area contributed by atoms with Gasteiger partial charge in [-0.3, -0.25) is 0 Å². The fourth-order valence-corrected chi connectivity index (χ4v) is 1.98. The van der Waals surface area contributed by atoms with Gasteiger partial charge in [0.2, 0.25) is 0 Å². The summed E-state index contributed by atoms with van der Waals surface area (Å²) >= 11 is 0. The second-order valence-electron chi connectivity index (χ2n) is 4.35. The predicted molar refractivity (Wildman–Crippen MR) is 69.7 cm³/mol. The van der Waals surface area contributed by atoms with Gasteiger partial charge in [0, 0.05) is 26.7 Å². The lowest BCUT2D eigenvalue weighted by Gasteiger charge is -2.19. The third kappa shape index (κ3) is 3.24. The molecule has 1 atom stereocenters. The first-order chi connectivity index (χ1) is 9.61. The van der Waals surface area contributed by atoms with Crippen LogP contribution in [0.25, 0.3) is 0 Å². The van der Waals surface area contributed by atoms with E-state index in [-0.39, 0.29) is 12.4 Å². The van der Waals surface area contributed by atoms with Crippen LogP contribution in [0.2, 0.25) is 0 Å². The fourth-order valence-electron chi connectivity index (χ4n) is 1.98. The van der Waals surface area contributed by atoms with Crippen molar-refractivity contribution in [2.75, 3.05) is 26.7 Å². The Kier molecular flexibility index (Phi) is 4.52. The Balaban J connectivity index is 1.94. The maximum absolute atomic E-state index is 13.2. The number of carbonyl (C=O) groups excluding carboxylic acids is 2. The fraction of sp³-hybridized carbons (Fsp3) is 0.385. The van der Waals surface area contributed by atoms with E-state index in [1.807, 2.05) is 0 Å². The Morgan fingerprint density at radius 2 is 2.40 bits per heavy atom. The smallest absolute Gasteiger partial charge is 0.325 e. The van der Waals surface area contributed by atoms with Crippen LogP contribution in [0.15, 0.2) is 24.3 Å². The predicted octanol–water partition coefficient (Wildman–Crippen LogP) is 1.25. The lowest BCUT2D eigenvalue weighted by atomic mass is 10.1. The molecule has 0 saturated carbocycles. The van der Waals surface area contributed by atoms with Gasteiger partial charge in [0.05, 0.1) is 6.10 Å². The number of urea groups is 2. The Hall–Kier alpha value is -2.15. The quantitative estimate of drug-likeness (QED) is 0.872. The maximum Gasteiger partial charge on any atom is 0.325 e. The summed E-state index contributed by atoms with van der Waals surface area (Å²) in [6.07, 6.45) is -0.472. The van der Waals surface area contributed by atoms with Crippen LogP contribution in [-0.2, 0) is 4.74 Å². The largest absolute Gasteiger partial charge is 0.375 e. The Morgan fingerprint density at radius 3 is 3.00 bits per heavy atom. The van der Waals surface area contributed by atoms with Gasteiger partial charge >= 0.3 is 12.1 Å². The summed E-state index contributed by atoms with van der Waals surface area (Å²) in [7, 11) is 1.48. The molecule has 1 saturated heterocycles. The van der Waals surface area contributed by atoms with Crippen molar-refractivity contribution < 1.29 is 18.7 Å². The van der Waals surface area contributed by atoms with E-state index in [0.717, 1.165) is 4.90 Å². The standard InChI is InChI=1S/C13H16FN3O3/c1-20-11(9-3-2-4-10(14)7-9)8-16-13(19)17-6-5-15-12(17)18/h2-4,7,11H,5-6,8H2,1H3,(H,15,18)(H,16,19). The molecule has 0 bridgehead atoms. The Bertz CT molecular complexity index is 509. The second kappa shape index (κ2) is 6.33. The normalized spacial score (nSPS) is 15.9. The SMILES string of the molecule is COC(CNC(=O)N1CCNC1=O)c1cccc(F)c1. The van der Waals surface area contributed by atoms with Crippen molar-refractivity contribution in [2.45, 2.75) is 6.10 Å². The van der Waals surface area contributed by atoms with Crippen LogP contribution in [0.3, 0.4) is 0 Å². The molecule has 1 aliphatic rings. The summed E-state index contributed by atoms with van der Waals surface area (Å²) in [5, 5.41) is 5.14. The minimum Gasteiger partial charge on any atom is -0.375 e. The van der Waals surface area contributed by atoms with E-state index in [4.69, 9.17) is 4.74 Å². The van der Waals surface area contributed by atoms with Crippen molar-refractivity contribution in [3.8, 4) is 0 Å². The molecule has 1 aliphatic heterocycles. The molecule has 1 unspecified atom stereocenters. The lowest BCUT2D eigenvalue weighted by molar-refractivity contribution is 0.102. The van der Waals surface area contributed by atoms with Crippen molar-refractivity contribution >= 4 is 12.1 Å². The van der Waals surface area contributed by atoms with E-state index in [0.29, 0.717) is 18.7 Å². The molecular weight excluding hydrogens is 265 g/mol. The number of hydrogen-bond acceptors (Lipinski definition) is 3. The number of imide groups is 1. The number of nitrogens with zero attached hydrogens (tertiary/aromatic N) is 1. The molecular formula is C13H16FN3O3. The second-order valence-corrected chi connectivity index (χ2v) is 4.35. The zero-order valence-corrected chi connectivity index (χ0v) is 11.1. The highest BCUT2D eigenvalue weighted by atomic mass is 19.1. The minimum absolute atomic E-state index is 0.155. The van der Waals surface area contributed by atoms with Gasteiger partial charge in [-0.15, -0.1) is 0 Å². The average Bonchev–Trinajstić information content (AvgIpc) is 2.85. The van der Waals surface area contributed by atoms with Crippen LogP contribution in [0.1, 0.15) is 11.7 Å². The number of amides is 4. The summed E-state index contributed by atoms with van der Waals surface area (Å²) in [6, 6.07) is 5.07. The number of halogens is 1. The van der Waals surface area contributed by atoms with Gasteiger partial charge in [-0.25, -0.2) is 18.9 Å². The highest BCUT2D eigenvalue weighted by Crippen LogP contribution is 2.16. The van der Waals surface area contributed by atoms with E-state index >= 15 is 0 Å². The van der Waals surface area contributed by atoms with Crippen LogP contribution in [-0.4, -0.2) is 43.7 Å². The van der Waals surface area contributed by atoms with Gasteiger partial charge in [-0.05, 0) is 17.7 Å². The first-order valence-corrected chi connectivity index (χ1v) is 6.23. The van der Waals surface area contributed by atoms with Crippen molar-refractivity contribution in [3.63, 3.8) is 0 Å². The highest BCUT2D eigenvalue weighted by molar-refractivity contribution is 5.94. The molecule has 1 aromatic rings. The van der Waals surface area contributed by atoms with Gasteiger partial charge < -0.3 is 15.4 Å². The van der Waals surface area contributed by atoms with E-state index in [9.17, 15) is 14.0 Å². The van der Waals surface area contributed by atoms with Crippen molar-refractivity contribution in [2.24, 2.45) is 0 Å². The third-order valence-electron chi connectivity index (χ3n) is 3.05. The zero-order valence-electron chi connectivity index (χ0n) is 11.1. The molecule has 1 aromatic carbocycles. The molecule has 6 nitrogen and oxygen atoms in total. The van der Waals surface area contributed by atoms with Crippen LogP contribution >= 0.6 is 0 Å². The molecule has 1 heterocycles. The van der Waals surface area contributed by atoms with E-state index in [1.54, 1.807) is 12.1 Å². The first-order valence-electron chi connectivity index (χ1n) is 6.23. The molecule has 0 radical (unpaired) electrons. The molecule has 108 valence electrons. The molecule has 20 heavy (non-hydrogen) atoms. The van der Waals surface area contributed by atoms with Crippen LogP contribution in [0.5, 0.6) is 0 Å². The van der Waals surface area contributed by atoms with Crippen LogP contribution < -0.4 is 10.6 Å². The maximum atomic E-state index is 13.2. The average molecular weight is 281 g/mol. The van der Waals surface area contributed by atoms with E-state index in [1.165, 1.54) is 19.2 Å². The first kappa shape index (κ1) is 14.3. The van der Waals surface area contributed by atoms with Gasteiger partial charge in [0.25, 0.3) is 0 Å². The molecule has 0 spiro atoms. The highest BCUT2D eigenvalue weighted by Gasteiger charge is 2.26. The monoisotopic (exact) mass is 281 g/mol. The number of rotatable bonds is 4. The molecule has 1 fully saturated rings. The number of hydrogen-bond donors (Lipinski definition) is 2. The summed E-state index contributed by atoms with van der Waals surface area (Å²) in [4.78, 5) is 24.2. The summed E-state index contributed by atoms with van der Waals surface area (Å²) in [5.74, 6) is -0.366. The number of ether oxygens (including phenoxy) is 1. The van der Waals surface area contributed by atoms with Crippen LogP contribution in [0.4, 0.5) is 14.0 Å². The molecule has 7 heteroatoms. The van der Waals surface area contributed by atoms with Gasteiger partial charge in [-0.2, -0.15) is 0 Å². The molecule has 0 aromatic heterocycles. The Labute approximate surface area is 115 Å². The third-order valence-corrected chi connectivity index (χ3v) is 3.05. The minimum atomic E-state index is -0.488. The van der Waals surface area contributed by atoms with E-state index < -0.39 is 18.2 Å². The number of benzene rings is 1. The van der Waals surface area contributed by atoms with E-state index in [2.05, 4.69) is 10.6 Å². The molecule has 4 amide bonds. The van der Waals surface area contributed by atoms with Gasteiger partial charge in [-0.1, -0.05) is 12.1 Å². The van der Waals surface area contributed by atoms with Crippen molar-refractivity contribution in [3.05, 3.63) is 35.6 Å². The molecule has 2 N–H and O–H groups in total. The topological polar surface area (TPSA) is 70.7 Å². The summed E-state index contributed by atoms with van der Waals surface area (Å²) in [5.41, 5.74) is 0.624. The lowest BCUT2D eigenvalue weighted by Crippen LogP contribution is -2.43. The van der Waals surface area contributed by atoms with Crippen molar-refractivity contribution in [1.29, 1.82) is 0 Å². The summed E-state index contributed by atoms with van der Waals surface area (Å²) < 4.78 is 18.4. The van der Waals surface area contributed by atoms with Gasteiger partial charge in [0.15, 0.2) is 0 Å².